The number of rotatable bonds is 4. The zero-order valence-corrected chi connectivity index (χ0v) is 15.7. The largest absolute Gasteiger partial charge is 0.478 e. The van der Waals surface area contributed by atoms with Crippen LogP contribution >= 0.6 is 11.6 Å². The third-order valence-corrected chi connectivity index (χ3v) is 5.22. The van der Waals surface area contributed by atoms with Crippen molar-refractivity contribution in [3.05, 3.63) is 62.7 Å². The first-order valence-electron chi connectivity index (χ1n) is 8.93. The van der Waals surface area contributed by atoms with Crippen LogP contribution in [0.4, 0.5) is 0 Å². The molecule has 0 saturated carbocycles. The number of halogens is 1. The van der Waals surface area contributed by atoms with Crippen molar-refractivity contribution >= 4 is 28.4 Å². The highest BCUT2D eigenvalue weighted by molar-refractivity contribution is 6.35. The number of fused-ring (bicyclic) bond motifs is 3. The van der Waals surface area contributed by atoms with Gasteiger partial charge in [0.2, 0.25) is 5.43 Å². The topological polar surface area (TPSA) is 87.0 Å². The summed E-state index contributed by atoms with van der Waals surface area (Å²) < 4.78 is 5.37. The lowest BCUT2D eigenvalue weighted by atomic mass is 9.91. The van der Waals surface area contributed by atoms with Gasteiger partial charge < -0.3 is 20.0 Å². The van der Waals surface area contributed by atoms with Crippen LogP contribution in [-0.4, -0.2) is 22.5 Å². The minimum atomic E-state index is -0.266. The second kappa shape index (κ2) is 7.12. The number of hydrogen-bond acceptors (Lipinski definition) is 3. The first-order chi connectivity index (χ1) is 13.0. The number of ether oxygens (including phenoxy) is 1. The first kappa shape index (κ1) is 17.7. The predicted molar refractivity (Wildman–Crippen MR) is 104 cm³/mol. The molecule has 0 aliphatic heterocycles. The number of nitrogens with one attached hydrogen (secondary N) is 3. The molecule has 6 nitrogen and oxygen atoms in total. The van der Waals surface area contributed by atoms with Gasteiger partial charge in [-0.15, -0.1) is 0 Å². The standard InChI is InChI=1S/C20H20ClN3O3/c1-11-8-16(25)17(9-22-11)27-10-18(26)23-15-7-3-5-13-12-4-2-6-14(21)19(12)24-20(13)15/h2,4,6,8-9,15,24H,3,5,7,10H2,1H3,(H,22,25)(H,23,26). The number of H-pyrrole nitrogens is 2. The number of pyridine rings is 1. The molecule has 1 unspecified atom stereocenters. The minimum absolute atomic E-state index is 0.121. The van der Waals surface area contributed by atoms with E-state index < -0.39 is 0 Å². The van der Waals surface area contributed by atoms with Crippen molar-refractivity contribution < 1.29 is 9.53 Å². The second-order valence-corrected chi connectivity index (χ2v) is 7.23. The van der Waals surface area contributed by atoms with E-state index in [-0.39, 0.29) is 29.7 Å². The van der Waals surface area contributed by atoms with Crippen molar-refractivity contribution in [2.75, 3.05) is 6.61 Å². The Kier molecular flexibility index (Phi) is 4.66. The Balaban J connectivity index is 1.49. The number of hydrogen-bond donors (Lipinski definition) is 3. The number of carbonyl (C=O) groups is 1. The zero-order valence-electron chi connectivity index (χ0n) is 14.9. The van der Waals surface area contributed by atoms with Gasteiger partial charge in [0.05, 0.1) is 16.6 Å². The van der Waals surface area contributed by atoms with Crippen LogP contribution in [0.15, 0.2) is 35.3 Å². The van der Waals surface area contributed by atoms with Crippen molar-refractivity contribution in [3.63, 3.8) is 0 Å². The van der Waals surface area contributed by atoms with Crippen LogP contribution in [0.5, 0.6) is 5.75 Å². The van der Waals surface area contributed by atoms with Gasteiger partial charge in [-0.2, -0.15) is 0 Å². The van der Waals surface area contributed by atoms with E-state index in [1.807, 2.05) is 18.2 Å². The van der Waals surface area contributed by atoms with Crippen molar-refractivity contribution in [1.82, 2.24) is 15.3 Å². The molecule has 2 aromatic heterocycles. The molecule has 1 aliphatic carbocycles. The van der Waals surface area contributed by atoms with Crippen molar-refractivity contribution in [2.24, 2.45) is 0 Å². The summed E-state index contributed by atoms with van der Waals surface area (Å²) in [6, 6.07) is 7.16. The Hall–Kier alpha value is -2.73. The normalized spacial score (nSPS) is 16.1. The van der Waals surface area contributed by atoms with E-state index in [1.165, 1.54) is 17.8 Å². The fourth-order valence-corrected chi connectivity index (χ4v) is 3.87. The number of para-hydroxylation sites is 1. The molecular formula is C20H20ClN3O3. The van der Waals surface area contributed by atoms with Gasteiger partial charge in [0.25, 0.3) is 5.91 Å². The summed E-state index contributed by atoms with van der Waals surface area (Å²) in [5, 5.41) is 4.79. The van der Waals surface area contributed by atoms with Gasteiger partial charge in [0.1, 0.15) is 0 Å². The summed E-state index contributed by atoms with van der Waals surface area (Å²) >= 11 is 6.30. The SMILES string of the molecule is Cc1cc(=O)c(OCC(=O)NC2CCCc3c2[nH]c2c(Cl)cccc32)c[nH]1. The van der Waals surface area contributed by atoms with E-state index in [2.05, 4.69) is 15.3 Å². The highest BCUT2D eigenvalue weighted by atomic mass is 35.5. The molecule has 0 saturated heterocycles. The molecule has 0 bridgehead atoms. The minimum Gasteiger partial charge on any atom is -0.478 e. The van der Waals surface area contributed by atoms with E-state index in [0.29, 0.717) is 5.02 Å². The molecule has 1 aliphatic rings. The van der Waals surface area contributed by atoms with Gasteiger partial charge in [-0.3, -0.25) is 9.59 Å². The number of aromatic amines is 2. The molecule has 1 amide bonds. The van der Waals surface area contributed by atoms with Crippen molar-refractivity contribution in [3.8, 4) is 5.75 Å². The maximum Gasteiger partial charge on any atom is 0.258 e. The molecule has 3 aromatic rings. The molecule has 3 N–H and O–H groups in total. The molecule has 0 fully saturated rings. The molecule has 4 rings (SSSR count). The maximum absolute atomic E-state index is 12.4. The lowest BCUT2D eigenvalue weighted by Crippen LogP contribution is -2.34. The third kappa shape index (κ3) is 3.45. The summed E-state index contributed by atoms with van der Waals surface area (Å²) in [7, 11) is 0. The van der Waals surface area contributed by atoms with Crippen LogP contribution in [0.1, 0.15) is 35.8 Å². The molecule has 27 heavy (non-hydrogen) atoms. The van der Waals surface area contributed by atoms with E-state index in [1.54, 1.807) is 6.92 Å². The Morgan fingerprint density at radius 2 is 2.26 bits per heavy atom. The average molecular weight is 386 g/mol. The molecule has 7 heteroatoms. The monoisotopic (exact) mass is 385 g/mol. The molecule has 1 atom stereocenters. The fourth-order valence-electron chi connectivity index (χ4n) is 3.65. The summed E-state index contributed by atoms with van der Waals surface area (Å²) in [5.74, 6) is -0.130. The Morgan fingerprint density at radius 3 is 3.07 bits per heavy atom. The van der Waals surface area contributed by atoms with Gasteiger partial charge in [0.15, 0.2) is 12.4 Å². The van der Waals surface area contributed by atoms with Crippen LogP contribution < -0.4 is 15.5 Å². The first-order valence-corrected chi connectivity index (χ1v) is 9.31. The molecule has 2 heterocycles. The number of benzene rings is 1. The van der Waals surface area contributed by atoms with E-state index >= 15 is 0 Å². The van der Waals surface area contributed by atoms with Crippen LogP contribution in [0.25, 0.3) is 10.9 Å². The predicted octanol–water partition coefficient (Wildman–Crippen LogP) is 3.39. The molecular weight excluding hydrogens is 366 g/mol. The summed E-state index contributed by atoms with van der Waals surface area (Å²) in [6.45, 7) is 1.57. The van der Waals surface area contributed by atoms with Gasteiger partial charge in [-0.1, -0.05) is 23.7 Å². The lowest BCUT2D eigenvalue weighted by Gasteiger charge is -2.23. The van der Waals surface area contributed by atoms with Crippen molar-refractivity contribution in [1.29, 1.82) is 0 Å². The number of carbonyl (C=O) groups excluding carboxylic acids is 1. The second-order valence-electron chi connectivity index (χ2n) is 6.83. The highest BCUT2D eigenvalue weighted by Gasteiger charge is 2.26. The Bertz CT molecular complexity index is 1070. The maximum atomic E-state index is 12.4. The Morgan fingerprint density at radius 1 is 1.41 bits per heavy atom. The lowest BCUT2D eigenvalue weighted by molar-refractivity contribution is -0.124. The zero-order chi connectivity index (χ0) is 19.0. The number of aromatic nitrogens is 2. The van der Waals surface area contributed by atoms with Crippen LogP contribution in [0.3, 0.4) is 0 Å². The van der Waals surface area contributed by atoms with Gasteiger partial charge in [-0.05, 0) is 37.8 Å². The van der Waals surface area contributed by atoms with Crippen molar-refractivity contribution in [2.45, 2.75) is 32.2 Å². The highest BCUT2D eigenvalue weighted by Crippen LogP contribution is 2.36. The average Bonchev–Trinajstić information content (AvgIpc) is 3.02. The molecule has 140 valence electrons. The van der Waals surface area contributed by atoms with E-state index in [0.717, 1.165) is 41.6 Å². The Labute approximate surface area is 160 Å². The van der Waals surface area contributed by atoms with E-state index in [4.69, 9.17) is 16.3 Å². The van der Waals surface area contributed by atoms with Gasteiger partial charge >= 0.3 is 0 Å². The van der Waals surface area contributed by atoms with Crippen LogP contribution in [0.2, 0.25) is 5.02 Å². The smallest absolute Gasteiger partial charge is 0.258 e. The van der Waals surface area contributed by atoms with Gasteiger partial charge in [0, 0.05) is 29.0 Å². The molecule has 0 radical (unpaired) electrons. The summed E-state index contributed by atoms with van der Waals surface area (Å²) in [5.41, 5.74) is 3.62. The van der Waals surface area contributed by atoms with Crippen LogP contribution in [0, 0.1) is 6.92 Å². The number of aryl methyl sites for hydroxylation is 2. The molecule has 0 spiro atoms. The fraction of sp³-hybridized carbons (Fsp3) is 0.300. The summed E-state index contributed by atoms with van der Waals surface area (Å²) in [4.78, 5) is 30.5. The van der Waals surface area contributed by atoms with Gasteiger partial charge in [-0.25, -0.2) is 0 Å². The molecule has 1 aromatic carbocycles. The number of amides is 1. The summed E-state index contributed by atoms with van der Waals surface area (Å²) in [6.07, 6.45) is 4.25. The quantitative estimate of drug-likeness (QED) is 0.643. The van der Waals surface area contributed by atoms with Crippen LogP contribution in [-0.2, 0) is 11.2 Å². The third-order valence-electron chi connectivity index (χ3n) is 4.91. The van der Waals surface area contributed by atoms with E-state index in [9.17, 15) is 9.59 Å².